The number of nitrogens with two attached hydrogens (primary N) is 1. The van der Waals surface area contributed by atoms with Crippen LogP contribution in [0, 0.1) is 0 Å². The zero-order chi connectivity index (χ0) is 12.1. The van der Waals surface area contributed by atoms with Gasteiger partial charge >= 0.3 is 0 Å². The number of carbonyl (C=O) groups excluding carboxylic acids is 1. The van der Waals surface area contributed by atoms with Crippen molar-refractivity contribution in [1.29, 1.82) is 0 Å². The van der Waals surface area contributed by atoms with Crippen molar-refractivity contribution in [2.24, 2.45) is 5.73 Å². The molecular formula is C10H19N5O. The highest BCUT2D eigenvalue weighted by Gasteiger charge is 2.17. The molecule has 0 saturated heterocycles. The van der Waals surface area contributed by atoms with Crippen LogP contribution in [-0.4, -0.2) is 46.4 Å². The van der Waals surface area contributed by atoms with Gasteiger partial charge in [0.1, 0.15) is 6.04 Å². The molecular weight excluding hydrogens is 206 g/mol. The average molecular weight is 225 g/mol. The predicted octanol–water partition coefficient (Wildman–Crippen LogP) is -0.181. The lowest BCUT2D eigenvalue weighted by Gasteiger charge is -2.16. The maximum absolute atomic E-state index is 11.7. The van der Waals surface area contributed by atoms with Crippen LogP contribution < -0.4 is 5.73 Å². The van der Waals surface area contributed by atoms with Crippen molar-refractivity contribution in [3.05, 3.63) is 11.9 Å². The first-order valence-electron chi connectivity index (χ1n) is 5.38. The summed E-state index contributed by atoms with van der Waals surface area (Å²) in [6.07, 6.45) is 3.50. The number of nitrogens with zero attached hydrogens (tertiary/aromatic N) is 4. The summed E-state index contributed by atoms with van der Waals surface area (Å²) >= 11 is 0. The lowest BCUT2D eigenvalue weighted by molar-refractivity contribution is -0.132. The highest BCUT2D eigenvalue weighted by molar-refractivity contribution is 5.79. The third-order valence-electron chi connectivity index (χ3n) is 2.39. The maximum Gasteiger partial charge on any atom is 0.246 e. The van der Waals surface area contributed by atoms with Crippen LogP contribution in [0.2, 0.25) is 0 Å². The van der Waals surface area contributed by atoms with E-state index in [1.54, 1.807) is 23.7 Å². The van der Waals surface area contributed by atoms with E-state index in [-0.39, 0.29) is 11.9 Å². The molecule has 1 aromatic heterocycles. The summed E-state index contributed by atoms with van der Waals surface area (Å²) in [6.45, 7) is 2.45. The number of hydrogen-bond acceptors (Lipinski definition) is 4. The Morgan fingerprint density at radius 1 is 1.62 bits per heavy atom. The summed E-state index contributed by atoms with van der Waals surface area (Å²) in [5.41, 5.74) is 6.29. The van der Waals surface area contributed by atoms with Gasteiger partial charge in [-0.1, -0.05) is 5.21 Å². The molecule has 0 fully saturated rings. The molecule has 6 heteroatoms. The van der Waals surface area contributed by atoms with Gasteiger partial charge in [-0.15, -0.1) is 5.10 Å². The van der Waals surface area contributed by atoms with Crippen LogP contribution in [0.25, 0.3) is 0 Å². The molecule has 0 radical (unpaired) electrons. The standard InChI is InChI=1S/C10H19N5O/c1-8(10(16)14(2)3)15-7-9(12-13-15)5-4-6-11/h7-8H,4-6,11H2,1-3H3. The van der Waals surface area contributed by atoms with Crippen LogP contribution in [0.3, 0.4) is 0 Å². The van der Waals surface area contributed by atoms with Gasteiger partial charge in [-0.2, -0.15) is 0 Å². The van der Waals surface area contributed by atoms with Crippen LogP contribution in [0.15, 0.2) is 6.20 Å². The van der Waals surface area contributed by atoms with Gasteiger partial charge in [-0.3, -0.25) is 4.79 Å². The molecule has 16 heavy (non-hydrogen) atoms. The molecule has 1 atom stereocenters. The highest BCUT2D eigenvalue weighted by atomic mass is 16.2. The van der Waals surface area contributed by atoms with Gasteiger partial charge in [-0.25, -0.2) is 4.68 Å². The van der Waals surface area contributed by atoms with Gasteiger partial charge in [0.25, 0.3) is 0 Å². The van der Waals surface area contributed by atoms with Crippen LogP contribution in [0.4, 0.5) is 0 Å². The normalized spacial score (nSPS) is 12.5. The first-order valence-corrected chi connectivity index (χ1v) is 5.38. The van der Waals surface area contributed by atoms with E-state index in [0.717, 1.165) is 18.5 Å². The SMILES string of the molecule is CC(C(=O)N(C)C)n1cc(CCCN)nn1. The molecule has 0 bridgehead atoms. The number of hydrogen-bond donors (Lipinski definition) is 1. The Labute approximate surface area is 95.4 Å². The Hall–Kier alpha value is -1.43. The predicted molar refractivity (Wildman–Crippen MR) is 60.8 cm³/mol. The van der Waals surface area contributed by atoms with Crippen molar-refractivity contribution >= 4 is 5.91 Å². The number of likely N-dealkylation sites (N-methyl/N-ethyl adjacent to an activating group) is 1. The molecule has 1 rings (SSSR count). The zero-order valence-corrected chi connectivity index (χ0v) is 10.1. The fourth-order valence-electron chi connectivity index (χ4n) is 1.39. The minimum atomic E-state index is -0.311. The lowest BCUT2D eigenvalue weighted by Crippen LogP contribution is -2.30. The molecule has 90 valence electrons. The Bertz CT molecular complexity index is 347. The van der Waals surface area contributed by atoms with Gasteiger partial charge in [0, 0.05) is 20.3 Å². The van der Waals surface area contributed by atoms with E-state index in [1.165, 1.54) is 0 Å². The van der Waals surface area contributed by atoms with E-state index >= 15 is 0 Å². The number of aromatic nitrogens is 3. The second-order valence-electron chi connectivity index (χ2n) is 3.99. The second-order valence-corrected chi connectivity index (χ2v) is 3.99. The number of aryl methyl sites for hydroxylation is 1. The third-order valence-corrected chi connectivity index (χ3v) is 2.39. The number of rotatable bonds is 5. The zero-order valence-electron chi connectivity index (χ0n) is 10.1. The monoisotopic (exact) mass is 225 g/mol. The Balaban J connectivity index is 2.66. The fraction of sp³-hybridized carbons (Fsp3) is 0.700. The van der Waals surface area contributed by atoms with E-state index in [9.17, 15) is 4.79 Å². The van der Waals surface area contributed by atoms with Gasteiger partial charge in [0.15, 0.2) is 0 Å². The topological polar surface area (TPSA) is 77.0 Å². The molecule has 1 unspecified atom stereocenters. The molecule has 6 nitrogen and oxygen atoms in total. The average Bonchev–Trinajstić information content (AvgIpc) is 2.72. The molecule has 2 N–H and O–H groups in total. The van der Waals surface area contributed by atoms with Crippen molar-refractivity contribution in [2.75, 3.05) is 20.6 Å². The van der Waals surface area contributed by atoms with Gasteiger partial charge in [0.05, 0.1) is 5.69 Å². The fourth-order valence-corrected chi connectivity index (χ4v) is 1.39. The molecule has 0 aliphatic carbocycles. The van der Waals surface area contributed by atoms with E-state index in [1.807, 2.05) is 13.1 Å². The van der Waals surface area contributed by atoms with Crippen LogP contribution >= 0.6 is 0 Å². The minimum absolute atomic E-state index is 0.00951. The Morgan fingerprint density at radius 2 is 2.31 bits per heavy atom. The van der Waals surface area contributed by atoms with E-state index < -0.39 is 0 Å². The van der Waals surface area contributed by atoms with Gasteiger partial charge < -0.3 is 10.6 Å². The van der Waals surface area contributed by atoms with Crippen LogP contribution in [0.1, 0.15) is 25.1 Å². The molecule has 0 spiro atoms. The maximum atomic E-state index is 11.7. The van der Waals surface area contributed by atoms with Crippen molar-refractivity contribution in [3.8, 4) is 0 Å². The molecule has 0 aliphatic rings. The van der Waals surface area contributed by atoms with Crippen molar-refractivity contribution in [1.82, 2.24) is 19.9 Å². The Kier molecular flexibility index (Phi) is 4.42. The van der Waals surface area contributed by atoms with Crippen LogP contribution in [0.5, 0.6) is 0 Å². The van der Waals surface area contributed by atoms with Gasteiger partial charge in [0.2, 0.25) is 5.91 Å². The number of carbonyl (C=O) groups is 1. The Morgan fingerprint density at radius 3 is 2.88 bits per heavy atom. The number of amides is 1. The van der Waals surface area contributed by atoms with E-state index in [4.69, 9.17) is 5.73 Å². The summed E-state index contributed by atoms with van der Waals surface area (Å²) in [5.74, 6) is 0.00951. The molecule has 1 aromatic rings. The van der Waals surface area contributed by atoms with Crippen molar-refractivity contribution in [2.45, 2.75) is 25.8 Å². The van der Waals surface area contributed by atoms with E-state index in [2.05, 4.69) is 10.3 Å². The first-order chi connectivity index (χ1) is 7.56. The van der Waals surface area contributed by atoms with Gasteiger partial charge in [-0.05, 0) is 26.3 Å². The summed E-state index contributed by atoms with van der Waals surface area (Å²) in [4.78, 5) is 13.2. The highest BCUT2D eigenvalue weighted by Crippen LogP contribution is 2.08. The van der Waals surface area contributed by atoms with Crippen molar-refractivity contribution in [3.63, 3.8) is 0 Å². The van der Waals surface area contributed by atoms with Crippen LogP contribution in [-0.2, 0) is 11.2 Å². The van der Waals surface area contributed by atoms with E-state index in [0.29, 0.717) is 6.54 Å². The summed E-state index contributed by atoms with van der Waals surface area (Å²) < 4.78 is 1.59. The summed E-state index contributed by atoms with van der Waals surface area (Å²) in [5, 5.41) is 7.95. The summed E-state index contributed by atoms with van der Waals surface area (Å²) in [7, 11) is 3.45. The third kappa shape index (κ3) is 3.03. The second kappa shape index (κ2) is 5.60. The smallest absolute Gasteiger partial charge is 0.246 e. The lowest BCUT2D eigenvalue weighted by atomic mass is 10.2. The molecule has 0 aromatic carbocycles. The molecule has 0 aliphatic heterocycles. The quantitative estimate of drug-likeness (QED) is 0.754. The molecule has 0 saturated carbocycles. The largest absolute Gasteiger partial charge is 0.347 e. The minimum Gasteiger partial charge on any atom is -0.347 e. The molecule has 1 heterocycles. The summed E-state index contributed by atoms with van der Waals surface area (Å²) in [6, 6.07) is -0.311. The first kappa shape index (κ1) is 12.6. The van der Waals surface area contributed by atoms with Crippen molar-refractivity contribution < 1.29 is 4.79 Å². The molecule has 1 amide bonds.